The van der Waals surface area contributed by atoms with Gasteiger partial charge >= 0.3 is 6.18 Å². The number of halogens is 3. The maximum Gasteiger partial charge on any atom is 0.417 e. The Labute approximate surface area is 199 Å². The number of hydrogen-bond acceptors (Lipinski definition) is 1. The van der Waals surface area contributed by atoms with Crippen LogP contribution in [0.15, 0.2) is 84.9 Å². The van der Waals surface area contributed by atoms with Crippen molar-refractivity contribution in [1.82, 2.24) is 0 Å². The van der Waals surface area contributed by atoms with E-state index >= 15 is 0 Å². The molecule has 34 heavy (non-hydrogen) atoms. The number of ether oxygens (including phenoxy) is 1. The molecule has 0 bridgehead atoms. The van der Waals surface area contributed by atoms with Gasteiger partial charge in [-0.2, -0.15) is 13.2 Å². The van der Waals surface area contributed by atoms with Crippen LogP contribution in [0, 0.1) is 34.6 Å². The minimum atomic E-state index is -4.33. The summed E-state index contributed by atoms with van der Waals surface area (Å²) in [6.45, 7) is 9.56. The Bertz CT molecular complexity index is 1190. The Morgan fingerprint density at radius 2 is 0.912 bits per heavy atom. The molecule has 0 aromatic heterocycles. The molecular weight excluding hydrogens is 433 g/mol. The van der Waals surface area contributed by atoms with E-state index in [4.69, 9.17) is 4.74 Å². The summed E-state index contributed by atoms with van der Waals surface area (Å²) in [5.41, 5.74) is 5.31. The molecule has 0 aliphatic carbocycles. The second-order valence-corrected chi connectivity index (χ2v) is 8.59. The zero-order valence-corrected chi connectivity index (χ0v) is 20.1. The molecule has 4 rings (SSSR count). The molecule has 4 aromatic rings. The lowest BCUT2D eigenvalue weighted by atomic mass is 9.93. The van der Waals surface area contributed by atoms with Gasteiger partial charge in [0.2, 0.25) is 0 Å². The highest BCUT2D eigenvalue weighted by Crippen LogP contribution is 2.38. The van der Waals surface area contributed by atoms with Crippen molar-refractivity contribution in [3.63, 3.8) is 0 Å². The molecule has 0 atom stereocenters. The molecule has 0 N–H and O–H groups in total. The van der Waals surface area contributed by atoms with Gasteiger partial charge in [0.05, 0.1) is 5.56 Å². The maximum absolute atomic E-state index is 13.1. The van der Waals surface area contributed by atoms with Crippen molar-refractivity contribution in [1.29, 1.82) is 0 Å². The van der Waals surface area contributed by atoms with E-state index in [1.807, 2.05) is 74.5 Å². The molecule has 4 heteroatoms. The first-order valence-corrected chi connectivity index (χ1v) is 11.1. The third-order valence-electron chi connectivity index (χ3n) is 5.43. The number of benzene rings is 4. The highest BCUT2D eigenvalue weighted by molar-refractivity contribution is 5.72. The van der Waals surface area contributed by atoms with Gasteiger partial charge < -0.3 is 4.74 Å². The van der Waals surface area contributed by atoms with E-state index in [9.17, 15) is 13.2 Å². The second kappa shape index (κ2) is 10.6. The summed E-state index contributed by atoms with van der Waals surface area (Å²) in [5.74, 6) is 1.76. The van der Waals surface area contributed by atoms with Crippen molar-refractivity contribution < 1.29 is 17.9 Å². The van der Waals surface area contributed by atoms with Gasteiger partial charge in [-0.05, 0) is 81.6 Å². The van der Waals surface area contributed by atoms with Crippen LogP contribution in [0.3, 0.4) is 0 Å². The van der Waals surface area contributed by atoms with Crippen molar-refractivity contribution >= 4 is 0 Å². The number of alkyl halides is 3. The monoisotopic (exact) mass is 462 g/mol. The van der Waals surface area contributed by atoms with Crippen LogP contribution in [-0.4, -0.2) is 0 Å². The van der Waals surface area contributed by atoms with Crippen molar-refractivity contribution in [2.45, 2.75) is 40.8 Å². The maximum atomic E-state index is 13.1. The zero-order chi connectivity index (χ0) is 24.9. The summed E-state index contributed by atoms with van der Waals surface area (Å²) >= 11 is 0. The molecule has 0 unspecified atom stereocenters. The molecule has 0 radical (unpaired) electrons. The Balaban J connectivity index is 0.000000196. The van der Waals surface area contributed by atoms with Crippen LogP contribution in [0.4, 0.5) is 13.2 Å². The SMILES string of the molecule is Cc1ccc(-c2ccc(C)cc2C(F)(F)F)c(C)c1.Cc1ccc(Oc2ccc(C)cc2)cc1. The summed E-state index contributed by atoms with van der Waals surface area (Å²) < 4.78 is 45.1. The highest BCUT2D eigenvalue weighted by atomic mass is 19.4. The van der Waals surface area contributed by atoms with Gasteiger partial charge in [0.15, 0.2) is 0 Å². The molecule has 0 heterocycles. The van der Waals surface area contributed by atoms with Gasteiger partial charge in [0.1, 0.15) is 11.5 Å². The largest absolute Gasteiger partial charge is 0.457 e. The zero-order valence-electron chi connectivity index (χ0n) is 20.1. The fourth-order valence-electron chi connectivity index (χ4n) is 3.59. The Hall–Kier alpha value is -3.53. The Kier molecular flexibility index (Phi) is 7.83. The third-order valence-corrected chi connectivity index (χ3v) is 5.43. The predicted molar refractivity (Wildman–Crippen MR) is 134 cm³/mol. The standard InChI is InChI=1S/C16H15F3.C14H14O/c1-10-4-6-13(12(3)8-10)14-7-5-11(2)9-15(14)16(17,18)19;1-11-3-7-13(8-4-11)15-14-9-5-12(2)6-10-14/h4-9H,1-3H3;3-10H,1-2H3. The summed E-state index contributed by atoms with van der Waals surface area (Å²) in [5, 5.41) is 0. The van der Waals surface area contributed by atoms with E-state index in [0.717, 1.165) is 22.6 Å². The van der Waals surface area contributed by atoms with E-state index in [1.54, 1.807) is 25.1 Å². The van der Waals surface area contributed by atoms with Crippen LogP contribution < -0.4 is 4.74 Å². The van der Waals surface area contributed by atoms with Crippen LogP contribution >= 0.6 is 0 Å². The Morgan fingerprint density at radius 3 is 1.35 bits per heavy atom. The molecule has 4 aromatic carbocycles. The van der Waals surface area contributed by atoms with Crippen molar-refractivity contribution in [3.8, 4) is 22.6 Å². The van der Waals surface area contributed by atoms with Crippen molar-refractivity contribution in [2.24, 2.45) is 0 Å². The van der Waals surface area contributed by atoms with Crippen LogP contribution in [0.1, 0.15) is 33.4 Å². The van der Waals surface area contributed by atoms with Crippen LogP contribution in [0.25, 0.3) is 11.1 Å². The molecule has 0 aliphatic heterocycles. The fraction of sp³-hybridized carbons (Fsp3) is 0.200. The first-order chi connectivity index (χ1) is 16.0. The average molecular weight is 463 g/mol. The topological polar surface area (TPSA) is 9.23 Å². The van der Waals surface area contributed by atoms with Gasteiger partial charge in [-0.3, -0.25) is 0 Å². The lowest BCUT2D eigenvalue weighted by Crippen LogP contribution is -2.08. The van der Waals surface area contributed by atoms with E-state index in [-0.39, 0.29) is 5.56 Å². The summed E-state index contributed by atoms with van der Waals surface area (Å²) in [7, 11) is 0. The first kappa shape index (κ1) is 25.1. The minimum absolute atomic E-state index is 0.246. The number of aryl methyl sites for hydroxylation is 5. The van der Waals surface area contributed by atoms with Gasteiger partial charge in [-0.25, -0.2) is 0 Å². The first-order valence-electron chi connectivity index (χ1n) is 11.1. The Morgan fingerprint density at radius 1 is 0.500 bits per heavy atom. The lowest BCUT2D eigenvalue weighted by Gasteiger charge is -2.16. The van der Waals surface area contributed by atoms with Crippen LogP contribution in [0.2, 0.25) is 0 Å². The van der Waals surface area contributed by atoms with Gasteiger partial charge in [-0.1, -0.05) is 76.9 Å². The quantitative estimate of drug-likeness (QED) is 0.295. The molecule has 0 spiro atoms. The average Bonchev–Trinajstić information content (AvgIpc) is 2.77. The van der Waals surface area contributed by atoms with E-state index < -0.39 is 11.7 Å². The van der Waals surface area contributed by atoms with E-state index in [2.05, 4.69) is 13.8 Å². The second-order valence-electron chi connectivity index (χ2n) is 8.59. The molecule has 0 fully saturated rings. The third kappa shape index (κ3) is 6.74. The molecule has 0 aliphatic rings. The smallest absolute Gasteiger partial charge is 0.417 e. The molecule has 176 valence electrons. The molecule has 0 amide bonds. The van der Waals surface area contributed by atoms with Crippen molar-refractivity contribution in [3.05, 3.63) is 118 Å². The highest BCUT2D eigenvalue weighted by Gasteiger charge is 2.33. The molecule has 0 saturated heterocycles. The molecule has 1 nitrogen and oxygen atoms in total. The predicted octanol–water partition coefficient (Wildman–Crippen LogP) is 9.39. The van der Waals surface area contributed by atoms with Crippen molar-refractivity contribution in [2.75, 3.05) is 0 Å². The van der Waals surface area contributed by atoms with Crippen LogP contribution in [-0.2, 0) is 6.18 Å². The summed E-state index contributed by atoms with van der Waals surface area (Å²) in [6.07, 6.45) is -4.33. The minimum Gasteiger partial charge on any atom is -0.457 e. The van der Waals surface area contributed by atoms with Gasteiger partial charge in [0.25, 0.3) is 0 Å². The number of rotatable bonds is 3. The molecule has 0 saturated carbocycles. The fourth-order valence-corrected chi connectivity index (χ4v) is 3.59. The van der Waals surface area contributed by atoms with E-state index in [0.29, 0.717) is 11.1 Å². The van der Waals surface area contributed by atoms with Crippen LogP contribution in [0.5, 0.6) is 11.5 Å². The summed E-state index contributed by atoms with van der Waals surface area (Å²) in [6, 6.07) is 26.1. The van der Waals surface area contributed by atoms with Gasteiger partial charge in [0, 0.05) is 0 Å². The normalized spacial score (nSPS) is 10.9. The van der Waals surface area contributed by atoms with Gasteiger partial charge in [-0.15, -0.1) is 0 Å². The van der Waals surface area contributed by atoms with E-state index in [1.165, 1.54) is 17.2 Å². The summed E-state index contributed by atoms with van der Waals surface area (Å²) in [4.78, 5) is 0. The molecular formula is C30H29F3O. The number of hydrogen-bond donors (Lipinski definition) is 0. The lowest BCUT2D eigenvalue weighted by molar-refractivity contribution is -0.137.